The van der Waals surface area contributed by atoms with Crippen molar-refractivity contribution in [2.24, 2.45) is 14.1 Å². The first-order valence-corrected chi connectivity index (χ1v) is 10.1. The Morgan fingerprint density at radius 2 is 1.72 bits per heavy atom. The lowest BCUT2D eigenvalue weighted by molar-refractivity contribution is -0.139. The van der Waals surface area contributed by atoms with Gasteiger partial charge in [-0.15, -0.1) is 0 Å². The second-order valence-electron chi connectivity index (χ2n) is 6.73. The smallest absolute Gasteiger partial charge is 0.332 e. The zero-order chi connectivity index (χ0) is 21.3. The molecular formula is C20H22N4O4S. The summed E-state index contributed by atoms with van der Waals surface area (Å²) in [4.78, 5) is 46.1. The van der Waals surface area contributed by atoms with Gasteiger partial charge >= 0.3 is 11.7 Å². The molecule has 0 atom stereocenters. The van der Waals surface area contributed by atoms with Crippen LogP contribution < -0.4 is 11.2 Å². The van der Waals surface area contributed by atoms with Crippen LogP contribution in [-0.2, 0) is 23.6 Å². The predicted octanol–water partition coefficient (Wildman–Crippen LogP) is 1.97. The number of rotatable bonds is 5. The monoisotopic (exact) mass is 414 g/mol. The third-order valence-corrected chi connectivity index (χ3v) is 5.33. The van der Waals surface area contributed by atoms with Crippen molar-refractivity contribution < 1.29 is 9.53 Å². The molecule has 29 heavy (non-hydrogen) atoms. The van der Waals surface area contributed by atoms with E-state index in [4.69, 9.17) is 4.74 Å². The summed E-state index contributed by atoms with van der Waals surface area (Å²) < 4.78 is 7.31. The Morgan fingerprint density at radius 1 is 1.07 bits per heavy atom. The van der Waals surface area contributed by atoms with Gasteiger partial charge in [0.25, 0.3) is 5.56 Å². The van der Waals surface area contributed by atoms with Crippen molar-refractivity contribution >= 4 is 28.8 Å². The van der Waals surface area contributed by atoms with Crippen LogP contribution in [0, 0.1) is 13.8 Å². The molecule has 0 radical (unpaired) electrons. The number of hydrogen-bond acceptors (Lipinski definition) is 7. The molecule has 0 bridgehead atoms. The number of carbonyl (C=O) groups is 1. The van der Waals surface area contributed by atoms with E-state index in [9.17, 15) is 14.4 Å². The highest BCUT2D eigenvalue weighted by Crippen LogP contribution is 2.27. The van der Waals surface area contributed by atoms with Crippen molar-refractivity contribution in [3.63, 3.8) is 0 Å². The zero-order valence-corrected chi connectivity index (χ0v) is 17.8. The lowest BCUT2D eigenvalue weighted by Gasteiger charge is -2.12. The van der Waals surface area contributed by atoms with E-state index in [-0.39, 0.29) is 23.4 Å². The van der Waals surface area contributed by atoms with Crippen molar-refractivity contribution in [2.45, 2.75) is 25.8 Å². The average molecular weight is 414 g/mol. The Labute approximate surface area is 171 Å². The number of benzene rings is 1. The Balaban J connectivity index is 2.28. The van der Waals surface area contributed by atoms with Crippen LogP contribution in [0.15, 0.2) is 32.8 Å². The molecule has 152 valence electrons. The standard InChI is InChI=1S/C20H22N4O4S/c1-6-28-14(25)10-29-18-15-17(23(4)20(27)24(5)19(15)26)21-16(22-18)13-8-11(2)7-12(3)9-13/h7-9H,6,10H2,1-5H3. The van der Waals surface area contributed by atoms with E-state index in [1.165, 1.54) is 11.6 Å². The van der Waals surface area contributed by atoms with Gasteiger partial charge in [-0.1, -0.05) is 29.0 Å². The average Bonchev–Trinajstić information content (AvgIpc) is 2.67. The molecule has 2 aromatic heterocycles. The van der Waals surface area contributed by atoms with E-state index < -0.39 is 17.2 Å². The molecule has 0 aliphatic heterocycles. The number of ether oxygens (including phenoxy) is 1. The summed E-state index contributed by atoms with van der Waals surface area (Å²) in [6, 6.07) is 5.91. The molecule has 0 fully saturated rings. The van der Waals surface area contributed by atoms with Crippen molar-refractivity contribution in [1.82, 2.24) is 19.1 Å². The van der Waals surface area contributed by atoms with Crippen molar-refractivity contribution in [2.75, 3.05) is 12.4 Å². The summed E-state index contributed by atoms with van der Waals surface area (Å²) in [5, 5.41) is 0.547. The third-order valence-electron chi connectivity index (χ3n) is 4.38. The normalized spacial score (nSPS) is 11.1. The predicted molar refractivity (Wildman–Crippen MR) is 112 cm³/mol. The highest BCUT2D eigenvalue weighted by Gasteiger charge is 2.19. The van der Waals surface area contributed by atoms with Gasteiger partial charge in [-0.3, -0.25) is 18.7 Å². The maximum absolute atomic E-state index is 12.8. The first-order valence-electron chi connectivity index (χ1n) is 9.07. The molecule has 0 spiro atoms. The number of fused-ring (bicyclic) bond motifs is 1. The van der Waals surface area contributed by atoms with Gasteiger partial charge in [0.2, 0.25) is 0 Å². The molecule has 0 aliphatic rings. The maximum Gasteiger partial charge on any atom is 0.332 e. The molecule has 1 aromatic carbocycles. The van der Waals surface area contributed by atoms with E-state index in [0.29, 0.717) is 10.9 Å². The first kappa shape index (κ1) is 20.8. The van der Waals surface area contributed by atoms with Gasteiger partial charge < -0.3 is 4.74 Å². The van der Waals surface area contributed by atoms with Crippen molar-refractivity contribution in [3.8, 4) is 11.4 Å². The van der Waals surface area contributed by atoms with E-state index >= 15 is 0 Å². The Hall–Kier alpha value is -2.94. The van der Waals surface area contributed by atoms with Crippen molar-refractivity contribution in [1.29, 1.82) is 0 Å². The maximum atomic E-state index is 12.8. The molecule has 0 aliphatic carbocycles. The largest absolute Gasteiger partial charge is 0.465 e. The third kappa shape index (κ3) is 4.09. The summed E-state index contributed by atoms with van der Waals surface area (Å²) in [6.07, 6.45) is 0. The topological polar surface area (TPSA) is 96.1 Å². The summed E-state index contributed by atoms with van der Waals surface area (Å²) in [7, 11) is 2.96. The minimum atomic E-state index is -0.499. The van der Waals surface area contributed by atoms with Gasteiger partial charge in [-0.25, -0.2) is 14.8 Å². The minimum Gasteiger partial charge on any atom is -0.465 e. The van der Waals surface area contributed by atoms with E-state index in [1.54, 1.807) is 14.0 Å². The van der Waals surface area contributed by atoms with Gasteiger partial charge in [0.05, 0.1) is 12.4 Å². The molecule has 8 nitrogen and oxygen atoms in total. The molecule has 3 aromatic rings. The summed E-state index contributed by atoms with van der Waals surface area (Å²) in [6.45, 7) is 5.94. The number of aryl methyl sites for hydroxylation is 3. The number of esters is 1. The molecule has 9 heteroatoms. The Bertz CT molecular complexity index is 1210. The van der Waals surface area contributed by atoms with Gasteiger partial charge in [-0.2, -0.15) is 0 Å². The molecule has 2 heterocycles. The molecular weight excluding hydrogens is 392 g/mol. The van der Waals surface area contributed by atoms with Crippen LogP contribution in [0.25, 0.3) is 22.4 Å². The van der Waals surface area contributed by atoms with Crippen LogP contribution in [0.5, 0.6) is 0 Å². The minimum absolute atomic E-state index is 0.00175. The Morgan fingerprint density at radius 3 is 2.34 bits per heavy atom. The van der Waals surface area contributed by atoms with Gasteiger partial charge in [0, 0.05) is 19.7 Å². The van der Waals surface area contributed by atoms with Gasteiger partial charge in [-0.05, 0) is 32.9 Å². The van der Waals surface area contributed by atoms with Crippen LogP contribution in [0.1, 0.15) is 18.1 Å². The first-order chi connectivity index (χ1) is 13.7. The van der Waals surface area contributed by atoms with Crippen molar-refractivity contribution in [3.05, 3.63) is 50.2 Å². The molecule has 3 rings (SSSR count). The van der Waals surface area contributed by atoms with Crippen LogP contribution >= 0.6 is 11.8 Å². The fraction of sp³-hybridized carbons (Fsp3) is 0.350. The molecule has 0 N–H and O–H groups in total. The van der Waals surface area contributed by atoms with Crippen LogP contribution in [0.3, 0.4) is 0 Å². The highest BCUT2D eigenvalue weighted by molar-refractivity contribution is 8.00. The molecule has 0 amide bonds. The number of nitrogens with zero attached hydrogens (tertiary/aromatic N) is 4. The number of hydrogen-bond donors (Lipinski definition) is 0. The van der Waals surface area contributed by atoms with Crippen LogP contribution in [0.4, 0.5) is 0 Å². The second kappa shape index (κ2) is 8.20. The van der Waals surface area contributed by atoms with Gasteiger partial charge in [0.1, 0.15) is 10.4 Å². The zero-order valence-electron chi connectivity index (χ0n) is 17.0. The fourth-order valence-corrected chi connectivity index (χ4v) is 3.91. The summed E-state index contributed by atoms with van der Waals surface area (Å²) >= 11 is 1.10. The van der Waals surface area contributed by atoms with Crippen LogP contribution in [-0.4, -0.2) is 37.4 Å². The SMILES string of the molecule is CCOC(=O)CSc1nc(-c2cc(C)cc(C)c2)nc2c1c(=O)n(C)c(=O)n2C. The molecule has 0 saturated carbocycles. The number of aromatic nitrogens is 4. The molecule has 0 unspecified atom stereocenters. The van der Waals surface area contributed by atoms with E-state index in [2.05, 4.69) is 9.97 Å². The van der Waals surface area contributed by atoms with Gasteiger partial charge in [0.15, 0.2) is 11.5 Å². The van der Waals surface area contributed by atoms with E-state index in [1.807, 2.05) is 32.0 Å². The van der Waals surface area contributed by atoms with Crippen LogP contribution in [0.2, 0.25) is 0 Å². The summed E-state index contributed by atoms with van der Waals surface area (Å²) in [5.74, 6) is -0.0177. The number of carbonyl (C=O) groups excluding carboxylic acids is 1. The fourth-order valence-electron chi connectivity index (χ4n) is 3.10. The highest BCUT2D eigenvalue weighted by atomic mass is 32.2. The number of thioether (sulfide) groups is 1. The Kier molecular flexibility index (Phi) is 5.88. The lowest BCUT2D eigenvalue weighted by atomic mass is 10.1. The molecule has 0 saturated heterocycles. The lowest BCUT2D eigenvalue weighted by Crippen LogP contribution is -2.37. The quantitative estimate of drug-likeness (QED) is 0.358. The van der Waals surface area contributed by atoms with E-state index in [0.717, 1.165) is 33.0 Å². The summed E-state index contributed by atoms with van der Waals surface area (Å²) in [5.41, 5.74) is 2.11. The second-order valence-corrected chi connectivity index (χ2v) is 7.69.